The second-order valence-corrected chi connectivity index (χ2v) is 11.5. The molecule has 1 saturated heterocycles. The summed E-state index contributed by atoms with van der Waals surface area (Å²) in [6.45, 7) is 5.95. The minimum absolute atomic E-state index is 0.104. The van der Waals surface area contributed by atoms with E-state index in [0.717, 1.165) is 44.3 Å². The van der Waals surface area contributed by atoms with E-state index in [-0.39, 0.29) is 16.3 Å². The van der Waals surface area contributed by atoms with Crippen LogP contribution in [0, 0.1) is 0 Å². The molecule has 0 bridgehead atoms. The normalized spacial score (nSPS) is 16.6. The van der Waals surface area contributed by atoms with E-state index in [1.807, 2.05) is 13.8 Å². The molecular weight excluding hydrogens is 492 g/mol. The van der Waals surface area contributed by atoms with Crippen LogP contribution in [0.3, 0.4) is 0 Å². The summed E-state index contributed by atoms with van der Waals surface area (Å²) in [6, 6.07) is 5.21. The maximum atomic E-state index is 13.2. The Morgan fingerprint density at radius 3 is 2.73 bits per heavy atom. The first kappa shape index (κ1) is 27.3. The van der Waals surface area contributed by atoms with Crippen molar-refractivity contribution in [2.24, 2.45) is 7.05 Å². The number of hydrogen-bond acceptors (Lipinski definition) is 7. The van der Waals surface area contributed by atoms with Crippen LogP contribution in [0.15, 0.2) is 27.9 Å². The number of aromatic nitrogens is 4. The number of hydrogen-bond donors (Lipinski definition) is 2. The Hall–Kier alpha value is -2.76. The molecule has 1 aliphatic heterocycles. The molecule has 1 aromatic carbocycles. The van der Waals surface area contributed by atoms with E-state index in [1.54, 1.807) is 17.8 Å². The van der Waals surface area contributed by atoms with Gasteiger partial charge in [-0.25, -0.2) is 18.1 Å². The van der Waals surface area contributed by atoms with Gasteiger partial charge in [0.05, 0.1) is 22.8 Å². The number of sulfonamides is 1. The van der Waals surface area contributed by atoms with Crippen LogP contribution in [0.2, 0.25) is 0 Å². The summed E-state index contributed by atoms with van der Waals surface area (Å²) in [4.78, 5) is 23.0. The fraction of sp³-hybridized carbons (Fsp3) is 0.577. The van der Waals surface area contributed by atoms with Crippen molar-refractivity contribution in [2.45, 2.75) is 69.7 Å². The predicted molar refractivity (Wildman–Crippen MR) is 144 cm³/mol. The molecule has 0 spiro atoms. The van der Waals surface area contributed by atoms with E-state index < -0.39 is 10.0 Å². The summed E-state index contributed by atoms with van der Waals surface area (Å²) < 4.78 is 36.5. The quantitative estimate of drug-likeness (QED) is 0.345. The van der Waals surface area contributed by atoms with Crippen LogP contribution in [0.4, 0.5) is 0 Å². The van der Waals surface area contributed by atoms with Gasteiger partial charge in [0.1, 0.15) is 17.1 Å². The highest BCUT2D eigenvalue weighted by molar-refractivity contribution is 7.89. The number of aromatic amines is 1. The lowest BCUT2D eigenvalue weighted by Crippen LogP contribution is -2.28. The number of likely N-dealkylation sites (tertiary alicyclic amines) is 1. The molecule has 4 rings (SSSR count). The average molecular weight is 531 g/mol. The molecule has 37 heavy (non-hydrogen) atoms. The van der Waals surface area contributed by atoms with Gasteiger partial charge in [-0.1, -0.05) is 20.3 Å². The zero-order valence-corrected chi connectivity index (χ0v) is 23.0. The van der Waals surface area contributed by atoms with Gasteiger partial charge in [-0.15, -0.1) is 0 Å². The third-order valence-electron chi connectivity index (χ3n) is 6.91. The summed E-state index contributed by atoms with van der Waals surface area (Å²) in [5, 5.41) is 4.47. The smallest absolute Gasteiger partial charge is 0.277 e. The number of nitrogens with zero attached hydrogens (tertiary/aromatic N) is 4. The number of benzene rings is 1. The first-order valence-corrected chi connectivity index (χ1v) is 14.7. The zero-order chi connectivity index (χ0) is 26.6. The van der Waals surface area contributed by atoms with Crippen molar-refractivity contribution in [2.75, 3.05) is 26.7 Å². The Labute approximate surface area is 218 Å². The predicted octanol–water partition coefficient (Wildman–Crippen LogP) is 3.22. The Morgan fingerprint density at radius 1 is 1.22 bits per heavy atom. The Kier molecular flexibility index (Phi) is 8.66. The number of rotatable bonds is 12. The van der Waals surface area contributed by atoms with Crippen LogP contribution in [0.1, 0.15) is 58.1 Å². The SMILES string of the molecule is CCCOc1ccc(S(=O)(=O)NCCCC2CCCN2C)cc1-c1nc2c(CCC)nn(C)c2c(=O)[nH]1. The summed E-state index contributed by atoms with van der Waals surface area (Å²) in [5.74, 6) is 0.726. The van der Waals surface area contributed by atoms with Crippen molar-refractivity contribution in [1.29, 1.82) is 0 Å². The molecule has 2 N–H and O–H groups in total. The Bertz CT molecular complexity index is 1400. The van der Waals surface area contributed by atoms with Crippen molar-refractivity contribution in [3.8, 4) is 17.1 Å². The van der Waals surface area contributed by atoms with Crippen LogP contribution in [0.5, 0.6) is 5.75 Å². The molecule has 2 aromatic heterocycles. The molecule has 0 radical (unpaired) electrons. The molecule has 11 heteroatoms. The third-order valence-corrected chi connectivity index (χ3v) is 8.36. The molecule has 0 saturated carbocycles. The fourth-order valence-electron chi connectivity index (χ4n) is 4.95. The van der Waals surface area contributed by atoms with Crippen molar-refractivity contribution >= 4 is 21.1 Å². The molecule has 0 amide bonds. The Morgan fingerprint density at radius 2 is 2.03 bits per heavy atom. The molecule has 1 atom stereocenters. The van der Waals surface area contributed by atoms with E-state index in [9.17, 15) is 13.2 Å². The van der Waals surface area contributed by atoms with Crippen molar-refractivity contribution in [1.82, 2.24) is 29.4 Å². The largest absolute Gasteiger partial charge is 0.493 e. The van der Waals surface area contributed by atoms with Crippen LogP contribution in [-0.2, 0) is 23.5 Å². The molecule has 1 fully saturated rings. The van der Waals surface area contributed by atoms with Crippen LogP contribution >= 0.6 is 0 Å². The van der Waals surface area contributed by atoms with Crippen molar-refractivity contribution < 1.29 is 13.2 Å². The summed E-state index contributed by atoms with van der Waals surface area (Å²) in [6.07, 6.45) is 6.42. The van der Waals surface area contributed by atoms with Gasteiger partial charge in [0.25, 0.3) is 5.56 Å². The van der Waals surface area contributed by atoms with Gasteiger partial charge in [0.2, 0.25) is 10.0 Å². The van der Waals surface area contributed by atoms with E-state index in [4.69, 9.17) is 9.72 Å². The van der Waals surface area contributed by atoms with Gasteiger partial charge in [-0.2, -0.15) is 5.10 Å². The minimum Gasteiger partial charge on any atom is -0.493 e. The summed E-state index contributed by atoms with van der Waals surface area (Å²) in [7, 11) is 0.0847. The van der Waals surface area contributed by atoms with E-state index in [0.29, 0.717) is 48.0 Å². The van der Waals surface area contributed by atoms with Crippen molar-refractivity contribution in [3.05, 3.63) is 34.2 Å². The van der Waals surface area contributed by atoms with E-state index in [2.05, 4.69) is 26.8 Å². The zero-order valence-electron chi connectivity index (χ0n) is 22.2. The molecule has 1 aliphatic rings. The van der Waals surface area contributed by atoms with E-state index >= 15 is 0 Å². The van der Waals surface area contributed by atoms with Gasteiger partial charge in [0, 0.05) is 19.6 Å². The van der Waals surface area contributed by atoms with Crippen LogP contribution in [0.25, 0.3) is 22.4 Å². The second-order valence-electron chi connectivity index (χ2n) is 9.76. The Balaban J connectivity index is 1.64. The second kappa shape index (κ2) is 11.7. The lowest BCUT2D eigenvalue weighted by atomic mass is 10.1. The van der Waals surface area contributed by atoms with Gasteiger partial charge in [0.15, 0.2) is 5.52 Å². The average Bonchev–Trinajstić information content (AvgIpc) is 3.42. The number of ether oxygens (including phenoxy) is 1. The maximum Gasteiger partial charge on any atom is 0.277 e. The lowest BCUT2D eigenvalue weighted by Gasteiger charge is -2.19. The number of nitrogens with one attached hydrogen (secondary N) is 2. The van der Waals surface area contributed by atoms with Gasteiger partial charge in [-0.3, -0.25) is 9.48 Å². The third kappa shape index (κ3) is 6.05. The van der Waals surface area contributed by atoms with Crippen LogP contribution < -0.4 is 15.0 Å². The minimum atomic E-state index is -3.76. The van der Waals surface area contributed by atoms with Gasteiger partial charge >= 0.3 is 0 Å². The molecule has 0 aliphatic carbocycles. The highest BCUT2D eigenvalue weighted by Gasteiger charge is 2.23. The first-order chi connectivity index (χ1) is 17.7. The molecule has 1 unspecified atom stereocenters. The number of fused-ring (bicyclic) bond motifs is 1. The highest BCUT2D eigenvalue weighted by Crippen LogP contribution is 2.31. The summed E-state index contributed by atoms with van der Waals surface area (Å²) in [5.41, 5.74) is 1.74. The van der Waals surface area contributed by atoms with Gasteiger partial charge < -0.3 is 14.6 Å². The molecule has 10 nitrogen and oxygen atoms in total. The molecule has 202 valence electrons. The molecular formula is C26H38N6O4S. The first-order valence-electron chi connectivity index (χ1n) is 13.2. The van der Waals surface area contributed by atoms with E-state index in [1.165, 1.54) is 18.6 Å². The lowest BCUT2D eigenvalue weighted by molar-refractivity contribution is 0.292. The molecule has 3 heterocycles. The standard InChI is InChI=1S/C26H38N6O4S/c1-5-9-21-23-24(32(4)30-21)26(33)29-25(28-23)20-17-19(12-13-22(20)36-16-6-2)37(34,35)27-14-7-10-18-11-8-15-31(18)3/h12-13,17-18,27H,5-11,14-16H2,1-4H3,(H,28,29,33). The summed E-state index contributed by atoms with van der Waals surface area (Å²) >= 11 is 0. The fourth-order valence-corrected chi connectivity index (χ4v) is 6.05. The number of aryl methyl sites for hydroxylation is 2. The number of H-pyrrole nitrogens is 1. The highest BCUT2D eigenvalue weighted by atomic mass is 32.2. The van der Waals surface area contributed by atoms with Crippen LogP contribution in [-0.4, -0.2) is 65.9 Å². The molecule has 3 aromatic rings. The maximum absolute atomic E-state index is 13.2. The monoisotopic (exact) mass is 530 g/mol. The topological polar surface area (TPSA) is 122 Å². The van der Waals surface area contributed by atoms with Crippen molar-refractivity contribution in [3.63, 3.8) is 0 Å². The van der Waals surface area contributed by atoms with Gasteiger partial charge in [-0.05, 0) is 70.3 Å².